The molecule has 0 radical (unpaired) electrons. The minimum atomic E-state index is -4.56. The average Bonchev–Trinajstić information content (AvgIpc) is 2.62. The van der Waals surface area contributed by atoms with Crippen LogP contribution in [0.1, 0.15) is 12.0 Å². The van der Waals surface area contributed by atoms with Crippen molar-refractivity contribution in [2.24, 2.45) is 0 Å². The van der Waals surface area contributed by atoms with Gasteiger partial charge in [-0.1, -0.05) is 28.9 Å². The summed E-state index contributed by atoms with van der Waals surface area (Å²) in [5.74, 6) is -0.613. The molecule has 0 spiro atoms. The van der Waals surface area contributed by atoms with E-state index in [0.29, 0.717) is 10.9 Å². The Bertz CT molecular complexity index is 1070. The van der Waals surface area contributed by atoms with Crippen LogP contribution in [0.3, 0.4) is 0 Å². The van der Waals surface area contributed by atoms with Crippen LogP contribution in [-0.2, 0) is 17.5 Å². The van der Waals surface area contributed by atoms with Crippen LogP contribution in [-0.4, -0.2) is 20.9 Å². The van der Waals surface area contributed by atoms with Gasteiger partial charge < -0.3 is 5.32 Å². The average molecular weight is 397 g/mol. The number of aromatic nitrogens is 3. The Hall–Kier alpha value is -2.94. The fourth-order valence-electron chi connectivity index (χ4n) is 2.39. The second-order valence-corrected chi connectivity index (χ2v) is 6.03. The van der Waals surface area contributed by atoms with Crippen LogP contribution in [0, 0.1) is 0 Å². The van der Waals surface area contributed by atoms with Gasteiger partial charge in [-0.2, -0.15) is 13.2 Å². The Morgan fingerprint density at radius 1 is 1.19 bits per heavy atom. The van der Waals surface area contributed by atoms with Crippen molar-refractivity contribution in [2.75, 3.05) is 5.32 Å². The Morgan fingerprint density at radius 2 is 1.93 bits per heavy atom. The predicted molar refractivity (Wildman–Crippen MR) is 93.5 cm³/mol. The molecule has 0 bridgehead atoms. The van der Waals surface area contributed by atoms with Gasteiger partial charge in [-0.05, 0) is 30.3 Å². The van der Waals surface area contributed by atoms with Crippen molar-refractivity contribution < 1.29 is 18.0 Å². The number of hydrogen-bond donors (Lipinski definition) is 1. The minimum absolute atomic E-state index is 0.0287. The molecule has 27 heavy (non-hydrogen) atoms. The first kappa shape index (κ1) is 18.8. The number of anilines is 1. The molecule has 0 saturated heterocycles. The van der Waals surface area contributed by atoms with Crippen molar-refractivity contribution in [1.29, 1.82) is 0 Å². The maximum atomic E-state index is 12.8. The number of fused-ring (bicyclic) bond motifs is 1. The molecule has 10 heteroatoms. The third-order valence-electron chi connectivity index (χ3n) is 3.75. The number of nitrogens with zero attached hydrogens (tertiary/aromatic N) is 3. The summed E-state index contributed by atoms with van der Waals surface area (Å²) in [5.41, 5.74) is -1.07. The third-order valence-corrected chi connectivity index (χ3v) is 4.08. The lowest BCUT2D eigenvalue weighted by Crippen LogP contribution is -2.26. The molecule has 140 valence electrons. The van der Waals surface area contributed by atoms with Crippen LogP contribution in [0.15, 0.2) is 47.3 Å². The molecule has 3 aromatic rings. The Labute approximate surface area is 155 Å². The number of hydrogen-bond acceptors (Lipinski definition) is 4. The summed E-state index contributed by atoms with van der Waals surface area (Å²) in [5, 5.41) is 10.3. The second-order valence-electron chi connectivity index (χ2n) is 5.63. The molecule has 0 atom stereocenters. The van der Waals surface area contributed by atoms with Gasteiger partial charge in [-0.3, -0.25) is 9.59 Å². The largest absolute Gasteiger partial charge is 0.416 e. The molecule has 6 nitrogen and oxygen atoms in total. The van der Waals surface area contributed by atoms with Crippen molar-refractivity contribution in [3.05, 3.63) is 63.4 Å². The Kier molecular flexibility index (Phi) is 5.13. The normalized spacial score (nSPS) is 11.6. The van der Waals surface area contributed by atoms with Crippen LogP contribution in [0.2, 0.25) is 5.02 Å². The van der Waals surface area contributed by atoms with Gasteiger partial charge in [0.15, 0.2) is 0 Å². The summed E-state index contributed by atoms with van der Waals surface area (Å²) < 4.78 is 39.3. The number of aryl methyl sites for hydroxylation is 1. The zero-order chi connectivity index (χ0) is 19.6. The van der Waals surface area contributed by atoms with Gasteiger partial charge in [-0.25, -0.2) is 4.68 Å². The van der Waals surface area contributed by atoms with Crippen molar-refractivity contribution >= 4 is 34.1 Å². The zero-order valence-corrected chi connectivity index (χ0v) is 14.4. The molecule has 1 N–H and O–H groups in total. The molecule has 1 heterocycles. The number of carbonyl (C=O) groups excluding carboxylic acids is 1. The Morgan fingerprint density at radius 3 is 2.67 bits per heavy atom. The fourth-order valence-corrected chi connectivity index (χ4v) is 2.55. The molecule has 0 aliphatic carbocycles. The number of benzene rings is 2. The summed E-state index contributed by atoms with van der Waals surface area (Å²) in [6, 6.07) is 9.25. The number of rotatable bonds is 4. The SMILES string of the molecule is O=C(CCn1nnc2ccccc2c1=O)Nc1cc(C(F)(F)F)ccc1Cl. The summed E-state index contributed by atoms with van der Waals surface area (Å²) >= 11 is 5.84. The van der Waals surface area contributed by atoms with Gasteiger partial charge in [0, 0.05) is 6.42 Å². The van der Waals surface area contributed by atoms with Gasteiger partial charge in [0.1, 0.15) is 5.52 Å². The first-order valence-electron chi connectivity index (χ1n) is 7.75. The smallest absolute Gasteiger partial charge is 0.325 e. The molecule has 0 unspecified atom stereocenters. The van der Waals surface area contributed by atoms with E-state index in [9.17, 15) is 22.8 Å². The van der Waals surface area contributed by atoms with Crippen LogP contribution < -0.4 is 10.9 Å². The van der Waals surface area contributed by atoms with Crippen LogP contribution in [0.25, 0.3) is 10.9 Å². The van der Waals surface area contributed by atoms with Gasteiger partial charge in [-0.15, -0.1) is 5.10 Å². The lowest BCUT2D eigenvalue weighted by atomic mass is 10.2. The molecule has 0 aliphatic rings. The quantitative estimate of drug-likeness (QED) is 0.732. The Balaban J connectivity index is 1.72. The maximum Gasteiger partial charge on any atom is 0.416 e. The lowest BCUT2D eigenvalue weighted by Gasteiger charge is -2.12. The van der Waals surface area contributed by atoms with E-state index < -0.39 is 23.2 Å². The second kappa shape index (κ2) is 7.36. The standard InChI is InChI=1S/C17H12ClF3N4O2/c18-12-6-5-10(17(19,20)21)9-14(12)22-15(26)7-8-25-16(27)11-3-1-2-4-13(11)23-24-25/h1-6,9H,7-8H2,(H,22,26). The molecule has 2 aromatic carbocycles. The molecular formula is C17H12ClF3N4O2. The van der Waals surface area contributed by atoms with E-state index in [1.807, 2.05) is 0 Å². The highest BCUT2D eigenvalue weighted by molar-refractivity contribution is 6.33. The first-order valence-corrected chi connectivity index (χ1v) is 8.12. The number of amides is 1. The molecular weight excluding hydrogens is 385 g/mol. The molecule has 3 rings (SSSR count). The van der Waals surface area contributed by atoms with E-state index in [-0.39, 0.29) is 23.7 Å². The summed E-state index contributed by atoms with van der Waals surface area (Å²) in [4.78, 5) is 24.4. The molecule has 0 fully saturated rings. The van der Waals surface area contributed by atoms with Crippen molar-refractivity contribution in [1.82, 2.24) is 15.0 Å². The number of nitrogens with one attached hydrogen (secondary N) is 1. The van der Waals surface area contributed by atoms with Gasteiger partial charge in [0.05, 0.1) is 28.2 Å². The van der Waals surface area contributed by atoms with Crippen LogP contribution >= 0.6 is 11.6 Å². The minimum Gasteiger partial charge on any atom is -0.325 e. The summed E-state index contributed by atoms with van der Waals surface area (Å²) in [7, 11) is 0. The van der Waals surface area contributed by atoms with E-state index in [2.05, 4.69) is 15.6 Å². The van der Waals surface area contributed by atoms with Gasteiger partial charge >= 0.3 is 6.18 Å². The highest BCUT2D eigenvalue weighted by Crippen LogP contribution is 2.33. The first-order chi connectivity index (χ1) is 12.8. The molecule has 0 aliphatic heterocycles. The van der Waals surface area contributed by atoms with Crippen LogP contribution in [0.5, 0.6) is 0 Å². The van der Waals surface area contributed by atoms with Crippen molar-refractivity contribution in [3.8, 4) is 0 Å². The van der Waals surface area contributed by atoms with E-state index in [4.69, 9.17) is 11.6 Å². The summed E-state index contributed by atoms with van der Waals surface area (Å²) in [6.07, 6.45) is -4.75. The number of carbonyl (C=O) groups is 1. The fraction of sp³-hybridized carbons (Fsp3) is 0.176. The zero-order valence-electron chi connectivity index (χ0n) is 13.6. The van der Waals surface area contributed by atoms with E-state index in [0.717, 1.165) is 22.9 Å². The topological polar surface area (TPSA) is 76.9 Å². The number of halogens is 4. The van der Waals surface area contributed by atoms with Crippen molar-refractivity contribution in [2.45, 2.75) is 19.1 Å². The predicted octanol–water partition coefficient (Wildman–Crippen LogP) is 3.49. The lowest BCUT2D eigenvalue weighted by molar-refractivity contribution is -0.137. The maximum absolute atomic E-state index is 12.8. The van der Waals surface area contributed by atoms with Gasteiger partial charge in [0.25, 0.3) is 5.56 Å². The monoisotopic (exact) mass is 396 g/mol. The third kappa shape index (κ3) is 4.25. The van der Waals surface area contributed by atoms with E-state index in [1.165, 1.54) is 0 Å². The van der Waals surface area contributed by atoms with Crippen LogP contribution in [0.4, 0.5) is 18.9 Å². The summed E-state index contributed by atoms with van der Waals surface area (Å²) in [6.45, 7) is -0.0842. The van der Waals surface area contributed by atoms with Gasteiger partial charge in [0.2, 0.25) is 5.91 Å². The highest BCUT2D eigenvalue weighted by Gasteiger charge is 2.31. The molecule has 1 amide bonds. The molecule has 0 saturated carbocycles. The van der Waals surface area contributed by atoms with E-state index in [1.54, 1.807) is 24.3 Å². The van der Waals surface area contributed by atoms with Crippen molar-refractivity contribution in [3.63, 3.8) is 0 Å². The molecule has 1 aromatic heterocycles. The number of alkyl halides is 3. The van der Waals surface area contributed by atoms with E-state index >= 15 is 0 Å². The highest BCUT2D eigenvalue weighted by atomic mass is 35.5.